The number of alkyl halides is 2. The molecule has 4 rings (SSSR count). The van der Waals surface area contributed by atoms with E-state index in [2.05, 4.69) is 15.4 Å². The van der Waals surface area contributed by atoms with E-state index in [1.165, 1.54) is 36.2 Å². The van der Waals surface area contributed by atoms with Gasteiger partial charge < -0.3 is 10.1 Å². The summed E-state index contributed by atoms with van der Waals surface area (Å²) in [4.78, 5) is 30.6. The van der Waals surface area contributed by atoms with E-state index >= 15 is 0 Å². The van der Waals surface area contributed by atoms with Crippen LogP contribution in [-0.4, -0.2) is 29.6 Å². The van der Waals surface area contributed by atoms with E-state index in [4.69, 9.17) is 4.74 Å². The first-order valence-electron chi connectivity index (χ1n) is 11.8. The molecule has 0 bridgehead atoms. The zero-order valence-corrected chi connectivity index (χ0v) is 21.3. The van der Waals surface area contributed by atoms with Crippen LogP contribution in [0.5, 0.6) is 5.75 Å². The van der Waals surface area contributed by atoms with Crippen LogP contribution in [0.4, 0.5) is 20.2 Å². The van der Waals surface area contributed by atoms with Crippen molar-refractivity contribution in [2.45, 2.75) is 40.0 Å². The molecular weight excluding hydrogens is 478 g/mol. The number of carbonyl (C=O) groups is 2. The van der Waals surface area contributed by atoms with Gasteiger partial charge in [0.05, 0.1) is 18.5 Å². The minimum atomic E-state index is -3.02. The molecule has 2 aromatic carbocycles. The van der Waals surface area contributed by atoms with Crippen LogP contribution >= 0.6 is 0 Å². The third-order valence-corrected chi connectivity index (χ3v) is 6.41. The van der Waals surface area contributed by atoms with E-state index in [1.807, 2.05) is 13.8 Å². The van der Waals surface area contributed by atoms with Crippen LogP contribution in [0.15, 0.2) is 60.0 Å². The number of aryl methyl sites for hydroxylation is 2. The van der Waals surface area contributed by atoms with Crippen LogP contribution in [0.25, 0.3) is 11.1 Å². The SMILES string of the molecule is CCC(F)(F)c1cccc(NC(=O)C2C(=O)N(c3ccc(OC)c(-c4c(C)cncc4C)c3)N=C2C)c1. The number of carbonyl (C=O) groups excluding carboxylic acids is 2. The first kappa shape index (κ1) is 25.9. The molecule has 1 N–H and O–H groups in total. The Morgan fingerprint density at radius 3 is 2.46 bits per heavy atom. The van der Waals surface area contributed by atoms with Crippen molar-refractivity contribution in [3.8, 4) is 16.9 Å². The van der Waals surface area contributed by atoms with Crippen molar-refractivity contribution >= 4 is 28.9 Å². The van der Waals surface area contributed by atoms with Crippen LogP contribution in [0, 0.1) is 19.8 Å². The van der Waals surface area contributed by atoms with Gasteiger partial charge in [0.1, 0.15) is 5.75 Å². The molecule has 0 radical (unpaired) electrons. The second-order valence-electron chi connectivity index (χ2n) is 8.99. The van der Waals surface area contributed by atoms with Crippen molar-refractivity contribution in [3.63, 3.8) is 0 Å². The predicted octanol–water partition coefficient (Wildman–Crippen LogP) is 5.85. The Labute approximate surface area is 214 Å². The maximum absolute atomic E-state index is 14.1. The van der Waals surface area contributed by atoms with E-state index in [-0.39, 0.29) is 17.7 Å². The lowest BCUT2D eigenvalue weighted by Gasteiger charge is -2.19. The lowest BCUT2D eigenvalue weighted by atomic mass is 9.96. The van der Waals surface area contributed by atoms with Gasteiger partial charge in [0.15, 0.2) is 5.92 Å². The van der Waals surface area contributed by atoms with E-state index < -0.39 is 23.7 Å². The summed E-state index contributed by atoms with van der Waals surface area (Å²) in [7, 11) is 1.57. The predicted molar refractivity (Wildman–Crippen MR) is 139 cm³/mol. The Balaban J connectivity index is 1.62. The van der Waals surface area contributed by atoms with Crippen molar-refractivity contribution in [2.24, 2.45) is 11.0 Å². The number of pyridine rings is 1. The fourth-order valence-corrected chi connectivity index (χ4v) is 4.44. The summed E-state index contributed by atoms with van der Waals surface area (Å²) < 4.78 is 33.8. The van der Waals surface area contributed by atoms with Gasteiger partial charge in [-0.1, -0.05) is 19.1 Å². The standard InChI is InChI=1S/C28H28F2N4O3/c1-6-28(29,30)19-8-7-9-20(12-19)32-26(35)25-18(4)33-34(27(25)36)21-10-11-23(37-5)22(13-21)24-16(2)14-31-15-17(24)3/h7-15,25H,6H2,1-5H3,(H,32,35). The van der Waals surface area contributed by atoms with Crippen LogP contribution < -0.4 is 15.1 Å². The van der Waals surface area contributed by atoms with Crippen LogP contribution in [0.1, 0.15) is 37.0 Å². The summed E-state index contributed by atoms with van der Waals surface area (Å²) in [5.41, 5.74) is 4.32. The van der Waals surface area contributed by atoms with E-state index in [1.54, 1.807) is 44.6 Å². The van der Waals surface area contributed by atoms with Gasteiger partial charge in [-0.2, -0.15) is 10.1 Å². The van der Waals surface area contributed by atoms with Crippen LogP contribution in [0.3, 0.4) is 0 Å². The Morgan fingerprint density at radius 1 is 1.11 bits per heavy atom. The minimum Gasteiger partial charge on any atom is -0.496 e. The van der Waals surface area contributed by atoms with Crippen molar-refractivity contribution in [1.82, 2.24) is 4.98 Å². The molecule has 0 saturated heterocycles. The number of benzene rings is 2. The van der Waals surface area contributed by atoms with Crippen LogP contribution in [-0.2, 0) is 15.5 Å². The quantitative estimate of drug-likeness (QED) is 0.407. The summed E-state index contributed by atoms with van der Waals surface area (Å²) in [6.07, 6.45) is 3.14. The van der Waals surface area contributed by atoms with Crippen LogP contribution in [0.2, 0.25) is 0 Å². The zero-order chi connectivity index (χ0) is 26.9. The Bertz CT molecular complexity index is 1380. The fraction of sp³-hybridized carbons (Fsp3) is 0.286. The topological polar surface area (TPSA) is 83.9 Å². The molecule has 2 heterocycles. The number of hydrazone groups is 1. The second-order valence-corrected chi connectivity index (χ2v) is 8.99. The number of hydrogen-bond acceptors (Lipinski definition) is 5. The summed E-state index contributed by atoms with van der Waals surface area (Å²) in [5, 5.41) is 8.14. The molecule has 3 aromatic rings. The smallest absolute Gasteiger partial charge is 0.273 e. The molecule has 37 heavy (non-hydrogen) atoms. The third kappa shape index (κ3) is 4.94. The summed E-state index contributed by atoms with van der Waals surface area (Å²) >= 11 is 0. The molecule has 1 aromatic heterocycles. The number of nitrogens with zero attached hydrogens (tertiary/aromatic N) is 3. The van der Waals surface area contributed by atoms with Gasteiger partial charge in [-0.05, 0) is 67.8 Å². The summed E-state index contributed by atoms with van der Waals surface area (Å²) in [6, 6.07) is 10.7. The molecule has 0 spiro atoms. The number of methoxy groups -OCH3 is 1. The maximum Gasteiger partial charge on any atom is 0.273 e. The minimum absolute atomic E-state index is 0.185. The molecule has 1 aliphatic heterocycles. The molecule has 1 unspecified atom stereocenters. The molecule has 192 valence electrons. The first-order chi connectivity index (χ1) is 17.6. The second kappa shape index (κ2) is 10.1. The van der Waals surface area contributed by atoms with Crippen molar-refractivity contribution in [3.05, 3.63) is 71.5 Å². The molecule has 0 aliphatic carbocycles. The van der Waals surface area contributed by atoms with Crippen molar-refractivity contribution in [2.75, 3.05) is 17.4 Å². The van der Waals surface area contributed by atoms with Gasteiger partial charge in [-0.25, -0.2) is 8.78 Å². The summed E-state index contributed by atoms with van der Waals surface area (Å²) in [6.45, 7) is 6.86. The normalized spacial score (nSPS) is 15.5. The molecule has 9 heteroatoms. The monoisotopic (exact) mass is 506 g/mol. The molecule has 1 atom stereocenters. The Hall–Kier alpha value is -4.14. The number of halogens is 2. The van der Waals surface area contributed by atoms with Crippen molar-refractivity contribution < 1.29 is 23.1 Å². The molecule has 2 amide bonds. The van der Waals surface area contributed by atoms with Gasteiger partial charge in [0.2, 0.25) is 5.91 Å². The zero-order valence-electron chi connectivity index (χ0n) is 21.3. The van der Waals surface area contributed by atoms with Gasteiger partial charge in [-0.3, -0.25) is 14.6 Å². The number of aromatic nitrogens is 1. The lowest BCUT2D eigenvalue weighted by Crippen LogP contribution is -2.36. The number of rotatable bonds is 7. The molecule has 7 nitrogen and oxygen atoms in total. The Kier molecular flexibility index (Phi) is 7.07. The highest BCUT2D eigenvalue weighted by molar-refractivity contribution is 6.28. The molecular formula is C28H28F2N4O3. The highest BCUT2D eigenvalue weighted by Gasteiger charge is 2.40. The fourth-order valence-electron chi connectivity index (χ4n) is 4.44. The molecule has 0 saturated carbocycles. The highest BCUT2D eigenvalue weighted by Crippen LogP contribution is 2.38. The highest BCUT2D eigenvalue weighted by atomic mass is 19.3. The number of nitrogens with one attached hydrogen (secondary N) is 1. The average Bonchev–Trinajstić information content (AvgIpc) is 3.17. The van der Waals surface area contributed by atoms with Gasteiger partial charge in [-0.15, -0.1) is 0 Å². The van der Waals surface area contributed by atoms with Gasteiger partial charge in [0, 0.05) is 35.6 Å². The largest absolute Gasteiger partial charge is 0.496 e. The maximum atomic E-state index is 14.1. The lowest BCUT2D eigenvalue weighted by molar-refractivity contribution is -0.127. The van der Waals surface area contributed by atoms with Gasteiger partial charge >= 0.3 is 0 Å². The molecule has 1 aliphatic rings. The Morgan fingerprint density at radius 2 is 1.81 bits per heavy atom. The summed E-state index contributed by atoms with van der Waals surface area (Å²) in [5.74, 6) is -4.77. The number of anilines is 2. The number of hydrogen-bond donors (Lipinski definition) is 1. The molecule has 0 fully saturated rings. The number of ether oxygens (including phenoxy) is 1. The number of amides is 2. The van der Waals surface area contributed by atoms with E-state index in [0.717, 1.165) is 22.3 Å². The first-order valence-corrected chi connectivity index (χ1v) is 11.8. The van der Waals surface area contributed by atoms with E-state index in [9.17, 15) is 18.4 Å². The van der Waals surface area contributed by atoms with E-state index in [0.29, 0.717) is 17.1 Å². The van der Waals surface area contributed by atoms with Crippen molar-refractivity contribution in [1.29, 1.82) is 0 Å². The third-order valence-electron chi connectivity index (χ3n) is 6.41. The van der Waals surface area contributed by atoms with Gasteiger partial charge in [0.25, 0.3) is 11.8 Å². The average molecular weight is 507 g/mol.